The summed E-state index contributed by atoms with van der Waals surface area (Å²) in [6.45, 7) is 6.86. The molecule has 1 aromatic heterocycles. The van der Waals surface area contributed by atoms with E-state index in [4.69, 9.17) is 4.74 Å². The van der Waals surface area contributed by atoms with Crippen molar-refractivity contribution in [3.05, 3.63) is 47.2 Å². The number of benzene rings is 1. The van der Waals surface area contributed by atoms with Gasteiger partial charge in [0.1, 0.15) is 6.61 Å². The van der Waals surface area contributed by atoms with Crippen molar-refractivity contribution in [2.75, 3.05) is 13.1 Å². The molecular formula is C17H25N3O. The second-order valence-electron chi connectivity index (χ2n) is 5.35. The van der Waals surface area contributed by atoms with Crippen LogP contribution in [0.25, 0.3) is 0 Å². The molecule has 0 amide bonds. The minimum Gasteiger partial charge on any atom is -0.473 e. The maximum Gasteiger partial charge on any atom is 0.212 e. The Morgan fingerprint density at radius 3 is 2.48 bits per heavy atom. The normalized spacial score (nSPS) is 10.8. The van der Waals surface area contributed by atoms with Crippen LogP contribution in [0.5, 0.6) is 5.88 Å². The van der Waals surface area contributed by atoms with Crippen LogP contribution in [-0.2, 0) is 20.1 Å². The van der Waals surface area contributed by atoms with Crippen molar-refractivity contribution in [2.24, 2.45) is 7.05 Å². The predicted octanol–water partition coefficient (Wildman–Crippen LogP) is 2.85. The van der Waals surface area contributed by atoms with E-state index in [2.05, 4.69) is 41.6 Å². The molecule has 0 fully saturated rings. The molecule has 1 aromatic carbocycles. The molecule has 0 saturated heterocycles. The SMILES string of the molecule is CCCNCCc1ccc(COc2cc(C)nn2C)cc1. The van der Waals surface area contributed by atoms with Crippen molar-refractivity contribution in [2.45, 2.75) is 33.3 Å². The summed E-state index contributed by atoms with van der Waals surface area (Å²) in [6, 6.07) is 10.6. The predicted molar refractivity (Wildman–Crippen MR) is 85.6 cm³/mol. The van der Waals surface area contributed by atoms with Crippen LogP contribution >= 0.6 is 0 Å². The van der Waals surface area contributed by atoms with E-state index in [1.807, 2.05) is 20.0 Å². The summed E-state index contributed by atoms with van der Waals surface area (Å²) >= 11 is 0. The van der Waals surface area contributed by atoms with E-state index < -0.39 is 0 Å². The van der Waals surface area contributed by atoms with Gasteiger partial charge in [-0.15, -0.1) is 0 Å². The van der Waals surface area contributed by atoms with E-state index in [-0.39, 0.29) is 0 Å². The highest BCUT2D eigenvalue weighted by atomic mass is 16.5. The fourth-order valence-electron chi connectivity index (χ4n) is 2.22. The van der Waals surface area contributed by atoms with Crippen LogP contribution in [0.4, 0.5) is 0 Å². The van der Waals surface area contributed by atoms with Gasteiger partial charge in [-0.3, -0.25) is 0 Å². The van der Waals surface area contributed by atoms with E-state index >= 15 is 0 Å². The Balaban J connectivity index is 1.80. The second kappa shape index (κ2) is 7.84. The van der Waals surface area contributed by atoms with Gasteiger partial charge in [0.2, 0.25) is 5.88 Å². The van der Waals surface area contributed by atoms with Gasteiger partial charge in [0.15, 0.2) is 0 Å². The smallest absolute Gasteiger partial charge is 0.212 e. The number of hydrogen-bond donors (Lipinski definition) is 1. The first-order valence-corrected chi connectivity index (χ1v) is 7.61. The molecule has 4 nitrogen and oxygen atoms in total. The van der Waals surface area contributed by atoms with E-state index in [0.717, 1.165) is 31.1 Å². The largest absolute Gasteiger partial charge is 0.473 e. The van der Waals surface area contributed by atoms with Gasteiger partial charge in [-0.1, -0.05) is 31.2 Å². The lowest BCUT2D eigenvalue weighted by molar-refractivity contribution is 0.279. The average molecular weight is 287 g/mol. The molecule has 0 aliphatic rings. The first kappa shape index (κ1) is 15.6. The summed E-state index contributed by atoms with van der Waals surface area (Å²) in [5, 5.41) is 7.69. The first-order chi connectivity index (χ1) is 10.2. The number of ether oxygens (including phenoxy) is 1. The summed E-state index contributed by atoms with van der Waals surface area (Å²) in [5.41, 5.74) is 3.51. The molecule has 0 bridgehead atoms. The van der Waals surface area contributed by atoms with Crippen LogP contribution in [0.15, 0.2) is 30.3 Å². The van der Waals surface area contributed by atoms with Crippen molar-refractivity contribution in [1.82, 2.24) is 15.1 Å². The fourth-order valence-corrected chi connectivity index (χ4v) is 2.22. The number of aryl methyl sites for hydroxylation is 2. The Hall–Kier alpha value is -1.81. The van der Waals surface area contributed by atoms with Crippen LogP contribution in [0, 0.1) is 6.92 Å². The van der Waals surface area contributed by atoms with Crippen LogP contribution in [0.3, 0.4) is 0 Å². The molecule has 0 aliphatic heterocycles. The summed E-state index contributed by atoms with van der Waals surface area (Å²) < 4.78 is 7.55. The third kappa shape index (κ3) is 4.90. The van der Waals surface area contributed by atoms with Gasteiger partial charge in [-0.05, 0) is 44.0 Å². The van der Waals surface area contributed by atoms with Crippen LogP contribution in [0.1, 0.15) is 30.2 Å². The zero-order chi connectivity index (χ0) is 15.1. The Morgan fingerprint density at radius 2 is 1.86 bits per heavy atom. The first-order valence-electron chi connectivity index (χ1n) is 7.61. The highest BCUT2D eigenvalue weighted by Crippen LogP contribution is 2.14. The van der Waals surface area contributed by atoms with Crippen molar-refractivity contribution in [1.29, 1.82) is 0 Å². The molecule has 0 aliphatic carbocycles. The molecule has 0 unspecified atom stereocenters. The summed E-state index contributed by atoms with van der Waals surface area (Å²) in [4.78, 5) is 0. The number of aromatic nitrogens is 2. The Kier molecular flexibility index (Phi) is 5.81. The quantitative estimate of drug-likeness (QED) is 0.759. The van der Waals surface area contributed by atoms with Gasteiger partial charge in [0.25, 0.3) is 0 Å². The molecule has 4 heteroatoms. The molecule has 0 spiro atoms. The molecule has 1 heterocycles. The zero-order valence-corrected chi connectivity index (χ0v) is 13.2. The lowest BCUT2D eigenvalue weighted by Gasteiger charge is -2.07. The standard InChI is InChI=1S/C17H25N3O/c1-4-10-18-11-9-15-5-7-16(8-6-15)13-21-17-12-14(2)19-20(17)3/h5-8,12,18H,4,9-11,13H2,1-3H3. The highest BCUT2D eigenvalue weighted by Gasteiger charge is 2.03. The summed E-state index contributed by atoms with van der Waals surface area (Å²) in [5.74, 6) is 0.806. The van der Waals surface area contributed by atoms with Crippen molar-refractivity contribution in [3.8, 4) is 5.88 Å². The number of hydrogen-bond acceptors (Lipinski definition) is 3. The molecule has 0 radical (unpaired) electrons. The van der Waals surface area contributed by atoms with Crippen LogP contribution < -0.4 is 10.1 Å². The minimum atomic E-state index is 0.577. The van der Waals surface area contributed by atoms with Gasteiger partial charge in [0, 0.05) is 13.1 Å². The van der Waals surface area contributed by atoms with Gasteiger partial charge >= 0.3 is 0 Å². The van der Waals surface area contributed by atoms with Crippen molar-refractivity contribution < 1.29 is 4.74 Å². The molecule has 1 N–H and O–H groups in total. The zero-order valence-electron chi connectivity index (χ0n) is 13.2. The molecule has 21 heavy (non-hydrogen) atoms. The maximum atomic E-state index is 5.78. The van der Waals surface area contributed by atoms with E-state index in [1.165, 1.54) is 17.5 Å². The van der Waals surface area contributed by atoms with Gasteiger partial charge in [-0.2, -0.15) is 5.10 Å². The number of nitrogens with zero attached hydrogens (tertiary/aromatic N) is 2. The maximum absolute atomic E-state index is 5.78. The van der Waals surface area contributed by atoms with Gasteiger partial charge < -0.3 is 10.1 Å². The van der Waals surface area contributed by atoms with Gasteiger partial charge in [-0.25, -0.2) is 4.68 Å². The molecule has 0 saturated carbocycles. The van der Waals surface area contributed by atoms with Crippen LogP contribution in [-0.4, -0.2) is 22.9 Å². The second-order valence-corrected chi connectivity index (χ2v) is 5.35. The van der Waals surface area contributed by atoms with Crippen molar-refractivity contribution >= 4 is 0 Å². The van der Waals surface area contributed by atoms with E-state index in [1.54, 1.807) is 4.68 Å². The lowest BCUT2D eigenvalue weighted by Crippen LogP contribution is -2.17. The summed E-state index contributed by atoms with van der Waals surface area (Å²) in [7, 11) is 1.90. The van der Waals surface area contributed by atoms with Crippen LogP contribution in [0.2, 0.25) is 0 Å². The minimum absolute atomic E-state index is 0.577. The Bertz CT molecular complexity index is 546. The Labute approximate surface area is 127 Å². The monoisotopic (exact) mass is 287 g/mol. The third-order valence-corrected chi connectivity index (χ3v) is 3.39. The fraction of sp³-hybridized carbons (Fsp3) is 0.471. The molecular weight excluding hydrogens is 262 g/mol. The van der Waals surface area contributed by atoms with Crippen molar-refractivity contribution in [3.63, 3.8) is 0 Å². The highest BCUT2D eigenvalue weighted by molar-refractivity contribution is 5.23. The number of rotatable bonds is 8. The summed E-state index contributed by atoms with van der Waals surface area (Å²) in [6.07, 6.45) is 2.26. The Morgan fingerprint density at radius 1 is 1.14 bits per heavy atom. The lowest BCUT2D eigenvalue weighted by atomic mass is 10.1. The molecule has 114 valence electrons. The number of nitrogens with one attached hydrogen (secondary N) is 1. The molecule has 2 aromatic rings. The van der Waals surface area contributed by atoms with E-state index in [0.29, 0.717) is 6.61 Å². The average Bonchev–Trinajstić information content (AvgIpc) is 2.81. The third-order valence-electron chi connectivity index (χ3n) is 3.39. The van der Waals surface area contributed by atoms with Gasteiger partial charge in [0.05, 0.1) is 5.69 Å². The van der Waals surface area contributed by atoms with E-state index in [9.17, 15) is 0 Å². The topological polar surface area (TPSA) is 39.1 Å². The molecule has 0 atom stereocenters. The molecule has 2 rings (SSSR count).